The number of nitrogens with one attached hydrogen (secondary N) is 8. The number of primary amides is 1. The van der Waals surface area contributed by atoms with Gasteiger partial charge in [0.2, 0.25) is 35.4 Å². The van der Waals surface area contributed by atoms with E-state index in [2.05, 4.69) is 47.5 Å². The maximum absolute atomic E-state index is 13.1. The summed E-state index contributed by atoms with van der Waals surface area (Å²) in [7, 11) is 0. The zero-order chi connectivity index (χ0) is 52.5. The molecule has 3 aliphatic rings. The third-order valence-electron chi connectivity index (χ3n) is 12.1. The smallest absolute Gasteiger partial charge is 0.404 e. The Balaban J connectivity index is 1.24. The van der Waals surface area contributed by atoms with Gasteiger partial charge in [-0.1, -0.05) is 0 Å². The van der Waals surface area contributed by atoms with Gasteiger partial charge in [0.25, 0.3) is 0 Å². The topological polar surface area (TPSA) is 489 Å². The second kappa shape index (κ2) is 32.1. The van der Waals surface area contributed by atoms with E-state index < -0.39 is 91.4 Å². The highest BCUT2D eigenvalue weighted by Gasteiger charge is 2.48. The summed E-state index contributed by atoms with van der Waals surface area (Å²) in [5.74, 6) is -1.80. The Morgan fingerprint density at radius 3 is 1.49 bits per heavy atom. The van der Waals surface area contributed by atoms with Crippen molar-refractivity contribution in [2.24, 2.45) is 45.1 Å². The van der Waals surface area contributed by atoms with Crippen LogP contribution in [0.15, 0.2) is 4.99 Å². The van der Waals surface area contributed by atoms with Gasteiger partial charge in [-0.2, -0.15) is 0 Å². The second-order valence-electron chi connectivity index (χ2n) is 18.6. The number of aliphatic hydroxyl groups excluding tert-OH is 3. The number of aliphatic imine (C=N–C) groups is 1. The summed E-state index contributed by atoms with van der Waals surface area (Å²) in [5.41, 5.74) is 41.0. The molecule has 13 atom stereocenters. The number of piperidine rings is 1. The highest BCUT2D eigenvalue weighted by atomic mass is 16.6. The van der Waals surface area contributed by atoms with Crippen molar-refractivity contribution < 1.29 is 58.4 Å². The molecule has 71 heavy (non-hydrogen) atoms. The number of hydrogen-bond acceptors (Lipinski definition) is 21. The van der Waals surface area contributed by atoms with Crippen molar-refractivity contribution >= 4 is 47.5 Å². The first-order chi connectivity index (χ1) is 33.8. The number of ether oxygens (including phenoxy) is 2. The Hall–Kier alpha value is -5.04. The SMILES string of the molecule is NCCCC(N)CC(=O)NCCCC(N)CC(=O)NCCCC(N)CC(=O)NCCCC(N)CC(=O)NCCCC(N)CC(=O)NC1C(NC2=NC3C(=O)NCC(O)C3N2)OC(COC(N)=O)C(O)C1O. The average molecular weight is 1020 g/mol. The molecule has 0 spiro atoms. The van der Waals surface area contributed by atoms with Gasteiger partial charge in [0.15, 0.2) is 18.2 Å². The van der Waals surface area contributed by atoms with Gasteiger partial charge in [-0.3, -0.25) is 28.8 Å². The van der Waals surface area contributed by atoms with E-state index >= 15 is 0 Å². The minimum atomic E-state index is -1.65. The van der Waals surface area contributed by atoms with Crippen molar-refractivity contribution in [2.45, 2.75) is 175 Å². The first kappa shape index (κ1) is 60.3. The molecule has 28 nitrogen and oxygen atoms in total. The van der Waals surface area contributed by atoms with Crippen molar-refractivity contribution in [3.63, 3.8) is 0 Å². The lowest BCUT2D eigenvalue weighted by molar-refractivity contribution is -0.198. The molecule has 0 radical (unpaired) electrons. The molecule has 28 heteroatoms. The first-order valence-corrected chi connectivity index (χ1v) is 24.6. The molecule has 0 aromatic rings. The van der Waals surface area contributed by atoms with Gasteiger partial charge in [-0.05, 0) is 70.8 Å². The third-order valence-corrected chi connectivity index (χ3v) is 12.1. The van der Waals surface area contributed by atoms with Crippen LogP contribution >= 0.6 is 0 Å². The van der Waals surface area contributed by atoms with Crippen LogP contribution in [0.1, 0.15) is 96.3 Å². The van der Waals surface area contributed by atoms with Crippen molar-refractivity contribution in [3.8, 4) is 0 Å². The zero-order valence-electron chi connectivity index (χ0n) is 40.6. The molecule has 406 valence electrons. The molecule has 3 aliphatic heterocycles. The lowest BCUT2D eigenvalue weighted by atomic mass is 9.95. The average Bonchev–Trinajstić information content (AvgIpc) is 3.74. The maximum Gasteiger partial charge on any atom is 0.404 e. The molecule has 0 bridgehead atoms. The van der Waals surface area contributed by atoms with Crippen LogP contribution in [0.2, 0.25) is 0 Å². The van der Waals surface area contributed by atoms with E-state index in [1.54, 1.807) is 0 Å². The number of nitrogens with two attached hydrogens (primary N) is 7. The number of β-amino-alcohol motifs (C(OH)–C–C–N with tert-alkyl or cyclic N) is 1. The molecular weight excluding hydrogens is 933 g/mol. The number of nitrogens with zero attached hydrogens (tertiary/aromatic N) is 1. The van der Waals surface area contributed by atoms with Crippen molar-refractivity contribution in [3.05, 3.63) is 0 Å². The zero-order valence-corrected chi connectivity index (χ0v) is 40.6. The summed E-state index contributed by atoms with van der Waals surface area (Å²) in [6, 6.07) is -5.09. The molecule has 0 aliphatic carbocycles. The lowest BCUT2D eigenvalue weighted by Gasteiger charge is -2.43. The van der Waals surface area contributed by atoms with E-state index in [0.29, 0.717) is 84.0 Å². The van der Waals surface area contributed by atoms with Crippen LogP contribution in [-0.4, -0.2) is 188 Å². The van der Waals surface area contributed by atoms with E-state index in [1.807, 2.05) is 0 Å². The van der Waals surface area contributed by atoms with Gasteiger partial charge in [0, 0.05) is 95.0 Å². The fourth-order valence-corrected chi connectivity index (χ4v) is 8.21. The standard InChI is InChI=1S/C43H82N16O12/c44-11-1-6-23(45)16-30(61)51-12-2-7-24(46)17-31(62)52-13-3-8-25(47)18-32(63)53-14-4-9-26(48)19-33(64)54-15-5-10-27(49)20-34(65)56-37-39(67)38(66)29(22-70-42(50)69)71-41(37)59-43-57-35-28(60)21-55-40(68)36(35)58-43/h23-29,35-39,41,60,66-67H,1-22,44-49H2,(H2,50,69)(H,51,61)(H,52,62)(H,53,63)(H,54,64)(H,55,68)(H,56,65)(H2,57,58,59). The molecular formula is C43H82N16O12. The van der Waals surface area contributed by atoms with Gasteiger partial charge >= 0.3 is 6.09 Å². The van der Waals surface area contributed by atoms with Crippen molar-refractivity contribution in [1.29, 1.82) is 0 Å². The fourth-order valence-electron chi connectivity index (χ4n) is 8.21. The summed E-state index contributed by atoms with van der Waals surface area (Å²) in [5, 5.41) is 54.3. The Bertz CT molecular complexity index is 1740. The van der Waals surface area contributed by atoms with Crippen molar-refractivity contribution in [1.82, 2.24) is 42.5 Å². The van der Waals surface area contributed by atoms with Crippen LogP contribution in [-0.2, 0) is 38.2 Å². The molecule has 2 fully saturated rings. The van der Waals surface area contributed by atoms with E-state index in [1.165, 1.54) is 0 Å². The van der Waals surface area contributed by atoms with E-state index in [0.717, 1.165) is 6.42 Å². The monoisotopic (exact) mass is 1010 g/mol. The summed E-state index contributed by atoms with van der Waals surface area (Å²) < 4.78 is 10.6. The van der Waals surface area contributed by atoms with Gasteiger partial charge in [0.05, 0.1) is 12.1 Å². The fraction of sp³-hybridized carbons (Fsp3) is 0.814. The number of rotatable bonds is 33. The van der Waals surface area contributed by atoms with Crippen LogP contribution < -0.4 is 82.7 Å². The summed E-state index contributed by atoms with van der Waals surface area (Å²) in [6.07, 6.45) is -2.03. The quantitative estimate of drug-likeness (QED) is 0.0272. The third kappa shape index (κ3) is 23.4. The molecule has 3 rings (SSSR count). The van der Waals surface area contributed by atoms with E-state index in [4.69, 9.17) is 49.6 Å². The minimum Gasteiger partial charge on any atom is -0.447 e. The molecule has 0 aromatic heterocycles. The normalized spacial score (nSPS) is 24.8. The maximum atomic E-state index is 13.1. The number of aliphatic hydroxyl groups is 3. The number of fused-ring (bicyclic) bond motifs is 1. The molecule has 13 unspecified atom stereocenters. The van der Waals surface area contributed by atoms with Crippen LogP contribution in [0.3, 0.4) is 0 Å². The number of carbonyl (C=O) groups excluding carboxylic acids is 7. The first-order valence-electron chi connectivity index (χ1n) is 24.6. The predicted molar refractivity (Wildman–Crippen MR) is 259 cm³/mol. The summed E-state index contributed by atoms with van der Waals surface area (Å²) >= 11 is 0. The second-order valence-corrected chi connectivity index (χ2v) is 18.6. The van der Waals surface area contributed by atoms with E-state index in [-0.39, 0.29) is 86.9 Å². The van der Waals surface area contributed by atoms with Gasteiger partial charge in [-0.25, -0.2) is 9.79 Å². The highest BCUT2D eigenvalue weighted by Crippen LogP contribution is 2.22. The Labute approximate surface area is 413 Å². The molecule has 25 N–H and O–H groups in total. The highest BCUT2D eigenvalue weighted by molar-refractivity contribution is 5.93. The molecule has 7 amide bonds. The molecule has 0 saturated carbocycles. The Morgan fingerprint density at radius 2 is 1.08 bits per heavy atom. The van der Waals surface area contributed by atoms with Crippen LogP contribution in [0.4, 0.5) is 4.79 Å². The lowest BCUT2D eigenvalue weighted by Crippen LogP contribution is -2.69. The number of carbonyl (C=O) groups is 7. The molecule has 2 saturated heterocycles. The Morgan fingerprint density at radius 1 is 0.662 bits per heavy atom. The number of guanidine groups is 1. The van der Waals surface area contributed by atoms with Gasteiger partial charge < -0.3 is 107 Å². The largest absolute Gasteiger partial charge is 0.447 e. The Kier molecular flexibility index (Phi) is 27.3. The number of hydrogen-bond donors (Lipinski definition) is 18. The molecule has 0 aromatic carbocycles. The van der Waals surface area contributed by atoms with Crippen LogP contribution in [0, 0.1) is 0 Å². The number of amides is 7. The summed E-state index contributed by atoms with van der Waals surface area (Å²) in [6.45, 7) is 1.48. The van der Waals surface area contributed by atoms with Crippen LogP contribution in [0.25, 0.3) is 0 Å². The summed E-state index contributed by atoms with van der Waals surface area (Å²) in [4.78, 5) is 90.2. The van der Waals surface area contributed by atoms with E-state index in [9.17, 15) is 48.9 Å². The van der Waals surface area contributed by atoms with Crippen molar-refractivity contribution in [2.75, 3.05) is 45.9 Å². The molecule has 3 heterocycles. The predicted octanol–water partition coefficient (Wildman–Crippen LogP) is -7.30. The minimum absolute atomic E-state index is 0.00440. The van der Waals surface area contributed by atoms with Gasteiger partial charge in [-0.15, -0.1) is 0 Å². The van der Waals surface area contributed by atoms with Gasteiger partial charge in [0.1, 0.15) is 31.0 Å². The van der Waals surface area contributed by atoms with Crippen LogP contribution in [0.5, 0.6) is 0 Å².